The second-order valence-corrected chi connectivity index (χ2v) is 3.56. The quantitative estimate of drug-likeness (QED) is 0.199. The van der Waals surface area contributed by atoms with E-state index in [9.17, 15) is 13.8 Å². The summed E-state index contributed by atoms with van der Waals surface area (Å²) in [7, 11) is -0.975. The summed E-state index contributed by atoms with van der Waals surface area (Å²) in [4.78, 5) is 21.1. The van der Waals surface area contributed by atoms with Crippen molar-refractivity contribution in [2.75, 3.05) is 18.6 Å². The number of amides is 2. The molecule has 0 aliphatic heterocycles. The van der Waals surface area contributed by atoms with Crippen molar-refractivity contribution in [2.24, 2.45) is 5.84 Å². The summed E-state index contributed by atoms with van der Waals surface area (Å²) >= 11 is 0. The third kappa shape index (κ3) is 4.80. The molecule has 0 aromatic rings. The van der Waals surface area contributed by atoms with E-state index in [0.717, 1.165) is 0 Å². The van der Waals surface area contributed by atoms with Gasteiger partial charge in [0.05, 0.1) is 0 Å². The van der Waals surface area contributed by atoms with Crippen LogP contribution in [0.4, 0.5) is 0 Å². The number of hydrazine groups is 1. The van der Waals surface area contributed by atoms with Crippen molar-refractivity contribution in [1.82, 2.24) is 10.7 Å². The van der Waals surface area contributed by atoms with Gasteiger partial charge in [0.15, 0.2) is 0 Å². The zero-order valence-corrected chi connectivity index (χ0v) is 7.44. The van der Waals surface area contributed by atoms with Crippen LogP contribution in [0.5, 0.6) is 0 Å². The Kier molecular flexibility index (Phi) is 5.22. The van der Waals surface area contributed by atoms with Crippen LogP contribution in [-0.4, -0.2) is 34.6 Å². The topological polar surface area (TPSA) is 101 Å². The van der Waals surface area contributed by atoms with Crippen LogP contribution in [0, 0.1) is 0 Å². The minimum atomic E-state index is -0.975. The smallest absolute Gasteiger partial charge is 0.323 e. The number of hydrogen-bond donors (Lipinski definition) is 3. The molecule has 0 heterocycles. The van der Waals surface area contributed by atoms with Crippen molar-refractivity contribution in [3.8, 4) is 0 Å². The van der Waals surface area contributed by atoms with Gasteiger partial charge in [-0.2, -0.15) is 0 Å². The predicted molar refractivity (Wildman–Crippen MR) is 44.3 cm³/mol. The van der Waals surface area contributed by atoms with E-state index in [1.165, 1.54) is 6.26 Å². The van der Waals surface area contributed by atoms with E-state index >= 15 is 0 Å². The van der Waals surface area contributed by atoms with E-state index in [4.69, 9.17) is 0 Å². The number of carbonyl (C=O) groups excluding carboxylic acids is 2. The molecule has 2 amide bonds. The number of nitrogens with two attached hydrogens (primary N) is 1. The Morgan fingerprint density at radius 1 is 1.42 bits per heavy atom. The summed E-state index contributed by atoms with van der Waals surface area (Å²) in [6, 6.07) is 0. The Balaban J connectivity index is 3.58. The van der Waals surface area contributed by atoms with Gasteiger partial charge in [-0.05, 0) is 0 Å². The lowest BCUT2D eigenvalue weighted by atomic mass is 10.5. The largest absolute Gasteiger partial charge is 0.347 e. The maximum atomic E-state index is 10.7. The zero-order chi connectivity index (χ0) is 9.56. The summed E-state index contributed by atoms with van der Waals surface area (Å²) in [6.45, 7) is 0.204. The molecule has 70 valence electrons. The molecule has 0 spiro atoms. The average molecular weight is 193 g/mol. The zero-order valence-electron chi connectivity index (χ0n) is 6.62. The van der Waals surface area contributed by atoms with Gasteiger partial charge in [-0.25, -0.2) is 5.84 Å². The van der Waals surface area contributed by atoms with Gasteiger partial charge < -0.3 is 5.32 Å². The molecule has 12 heavy (non-hydrogen) atoms. The van der Waals surface area contributed by atoms with Crippen molar-refractivity contribution in [1.29, 1.82) is 0 Å². The van der Waals surface area contributed by atoms with Gasteiger partial charge in [-0.3, -0.25) is 19.2 Å². The lowest BCUT2D eigenvalue weighted by Crippen LogP contribution is -2.44. The first-order chi connectivity index (χ1) is 5.57. The first-order valence-electron chi connectivity index (χ1n) is 3.16. The van der Waals surface area contributed by atoms with E-state index in [-0.39, 0.29) is 6.54 Å². The molecule has 0 aromatic heterocycles. The lowest BCUT2D eigenvalue weighted by Gasteiger charge is -2.01. The highest BCUT2D eigenvalue weighted by molar-refractivity contribution is 7.84. The molecule has 1 atom stereocenters. The van der Waals surface area contributed by atoms with Gasteiger partial charge in [0.1, 0.15) is 0 Å². The molecule has 7 heteroatoms. The van der Waals surface area contributed by atoms with Gasteiger partial charge in [0.25, 0.3) is 0 Å². The highest BCUT2D eigenvalue weighted by atomic mass is 32.2. The van der Waals surface area contributed by atoms with Crippen molar-refractivity contribution < 1.29 is 13.8 Å². The van der Waals surface area contributed by atoms with E-state index < -0.39 is 22.6 Å². The third-order valence-corrected chi connectivity index (χ3v) is 1.79. The van der Waals surface area contributed by atoms with Gasteiger partial charge in [0.2, 0.25) is 0 Å². The van der Waals surface area contributed by atoms with Crippen molar-refractivity contribution in [2.45, 2.75) is 0 Å². The van der Waals surface area contributed by atoms with Gasteiger partial charge in [0, 0.05) is 29.4 Å². The number of hydrogen-bond acceptors (Lipinski definition) is 4. The van der Waals surface area contributed by atoms with E-state index in [1.54, 1.807) is 5.43 Å². The molecular formula is C5H11N3O3S. The van der Waals surface area contributed by atoms with Crippen molar-refractivity contribution in [3.63, 3.8) is 0 Å². The monoisotopic (exact) mass is 193 g/mol. The van der Waals surface area contributed by atoms with Crippen LogP contribution in [0.15, 0.2) is 0 Å². The second-order valence-electron chi connectivity index (χ2n) is 2.01. The number of rotatable bonds is 3. The summed E-state index contributed by atoms with van der Waals surface area (Å²) < 4.78 is 10.5. The molecule has 1 unspecified atom stereocenters. The van der Waals surface area contributed by atoms with Gasteiger partial charge in [-0.1, -0.05) is 0 Å². The molecule has 0 aliphatic rings. The van der Waals surface area contributed by atoms with E-state index in [0.29, 0.717) is 5.75 Å². The predicted octanol–water partition coefficient (Wildman–Crippen LogP) is -2.53. The van der Waals surface area contributed by atoms with Crippen LogP contribution in [0.3, 0.4) is 0 Å². The second kappa shape index (κ2) is 5.67. The van der Waals surface area contributed by atoms with Crippen LogP contribution < -0.4 is 16.6 Å². The maximum absolute atomic E-state index is 10.7. The van der Waals surface area contributed by atoms with Crippen LogP contribution >= 0.6 is 0 Å². The fraction of sp³-hybridized carbons (Fsp3) is 0.600. The Hall–Kier alpha value is -0.950. The molecule has 0 rings (SSSR count). The van der Waals surface area contributed by atoms with Crippen LogP contribution in [-0.2, 0) is 20.4 Å². The first-order valence-corrected chi connectivity index (χ1v) is 4.89. The minimum Gasteiger partial charge on any atom is -0.347 e. The Morgan fingerprint density at radius 3 is 2.42 bits per heavy atom. The molecule has 0 bridgehead atoms. The third-order valence-electron chi connectivity index (χ3n) is 1.01. The van der Waals surface area contributed by atoms with Crippen LogP contribution in [0.1, 0.15) is 0 Å². The van der Waals surface area contributed by atoms with Crippen molar-refractivity contribution >= 4 is 22.6 Å². The lowest BCUT2D eigenvalue weighted by molar-refractivity contribution is -0.139. The molecular weight excluding hydrogens is 182 g/mol. The summed E-state index contributed by atoms with van der Waals surface area (Å²) in [5.41, 5.74) is 1.68. The van der Waals surface area contributed by atoms with Crippen molar-refractivity contribution in [3.05, 3.63) is 0 Å². The average Bonchev–Trinajstić information content (AvgIpc) is 2.02. The Morgan fingerprint density at radius 2 is 2.00 bits per heavy atom. The summed E-state index contributed by atoms with van der Waals surface area (Å²) in [5.74, 6) is 3.28. The fourth-order valence-electron chi connectivity index (χ4n) is 0.454. The molecule has 4 N–H and O–H groups in total. The number of nitrogens with one attached hydrogen (secondary N) is 2. The molecule has 0 aromatic carbocycles. The summed E-state index contributed by atoms with van der Waals surface area (Å²) in [6.07, 6.45) is 1.51. The molecule has 0 saturated carbocycles. The Bertz CT molecular complexity index is 206. The SMILES string of the molecule is CS(=O)CCNC(=O)C(=O)NN. The van der Waals surface area contributed by atoms with E-state index in [2.05, 4.69) is 11.2 Å². The highest BCUT2D eigenvalue weighted by Crippen LogP contribution is 1.72. The Labute approximate surface area is 72.3 Å². The van der Waals surface area contributed by atoms with Gasteiger partial charge in [-0.15, -0.1) is 0 Å². The molecule has 0 aliphatic carbocycles. The van der Waals surface area contributed by atoms with Crippen LogP contribution in [0.2, 0.25) is 0 Å². The molecule has 0 fully saturated rings. The number of carbonyl (C=O) groups is 2. The van der Waals surface area contributed by atoms with Crippen LogP contribution in [0.25, 0.3) is 0 Å². The first kappa shape index (κ1) is 11.1. The highest BCUT2D eigenvalue weighted by Gasteiger charge is 2.09. The van der Waals surface area contributed by atoms with Gasteiger partial charge >= 0.3 is 11.8 Å². The van der Waals surface area contributed by atoms with E-state index in [1.807, 2.05) is 0 Å². The normalized spacial score (nSPS) is 11.8. The fourth-order valence-corrected chi connectivity index (χ4v) is 0.844. The molecule has 0 saturated heterocycles. The summed E-state index contributed by atoms with van der Waals surface area (Å²) in [5, 5.41) is 2.24. The minimum absolute atomic E-state index is 0.204. The molecule has 6 nitrogen and oxygen atoms in total. The standard InChI is InChI=1S/C5H11N3O3S/c1-12(11)3-2-7-4(9)5(10)8-6/h2-3,6H2,1H3,(H,7,9)(H,8,10). The maximum Gasteiger partial charge on any atom is 0.323 e. The molecule has 0 radical (unpaired) electrons.